The van der Waals surface area contributed by atoms with Crippen LogP contribution in [-0.4, -0.2) is 28.6 Å². The fourth-order valence-electron chi connectivity index (χ4n) is 3.68. The zero-order valence-electron chi connectivity index (χ0n) is 15.9. The summed E-state index contributed by atoms with van der Waals surface area (Å²) in [7, 11) is 0. The van der Waals surface area contributed by atoms with Gasteiger partial charge in [0.25, 0.3) is 5.91 Å². The van der Waals surface area contributed by atoms with E-state index >= 15 is 0 Å². The van der Waals surface area contributed by atoms with Crippen molar-refractivity contribution in [3.8, 4) is 11.5 Å². The van der Waals surface area contributed by atoms with Gasteiger partial charge in [0.2, 0.25) is 12.6 Å². The molecule has 0 bridgehead atoms. The highest BCUT2D eigenvalue weighted by Crippen LogP contribution is 2.44. The lowest BCUT2D eigenvalue weighted by molar-refractivity contribution is -0.117. The molecule has 0 aliphatic carbocycles. The SMILES string of the molecule is Cc1cccc(N2C(=O)C(O)=C(C(=O)c3cccs3)[C@@H]2c2ccc3c(c2)OCO3)n1. The van der Waals surface area contributed by atoms with Gasteiger partial charge in [0.1, 0.15) is 5.82 Å². The standard InChI is InChI=1S/C22H16N2O5S/c1-12-4-2-6-17(23-12)24-19(13-7-8-14-15(10-13)29-11-28-14)18(21(26)22(24)27)20(25)16-5-3-9-30-16/h2-10,19,26H,11H2,1H3/t19-/m0/s1. The average Bonchev–Trinajstić information content (AvgIpc) is 3.47. The van der Waals surface area contributed by atoms with Crippen molar-refractivity contribution in [1.82, 2.24) is 4.98 Å². The maximum Gasteiger partial charge on any atom is 0.295 e. The Labute approximate surface area is 175 Å². The summed E-state index contributed by atoms with van der Waals surface area (Å²) < 4.78 is 10.9. The number of thiophene rings is 1. The molecular formula is C22H16N2O5S. The first-order valence-electron chi connectivity index (χ1n) is 9.22. The van der Waals surface area contributed by atoms with Gasteiger partial charge in [-0.1, -0.05) is 18.2 Å². The summed E-state index contributed by atoms with van der Waals surface area (Å²) in [6, 6.07) is 13.0. The van der Waals surface area contributed by atoms with E-state index in [9.17, 15) is 14.7 Å². The van der Waals surface area contributed by atoms with E-state index in [0.29, 0.717) is 33.5 Å². The molecule has 4 heterocycles. The molecular weight excluding hydrogens is 404 g/mol. The zero-order chi connectivity index (χ0) is 20.8. The lowest BCUT2D eigenvalue weighted by atomic mass is 9.95. The number of hydrogen-bond donors (Lipinski definition) is 1. The summed E-state index contributed by atoms with van der Waals surface area (Å²) in [6.45, 7) is 1.91. The maximum atomic E-state index is 13.3. The highest BCUT2D eigenvalue weighted by Gasteiger charge is 2.45. The summed E-state index contributed by atoms with van der Waals surface area (Å²) in [5.74, 6) is -0.180. The molecule has 5 rings (SSSR count). The Balaban J connectivity index is 1.68. The van der Waals surface area contributed by atoms with Gasteiger partial charge in [-0.25, -0.2) is 4.98 Å². The molecule has 0 fully saturated rings. The number of amides is 1. The smallest absolute Gasteiger partial charge is 0.295 e. The molecule has 0 saturated carbocycles. The lowest BCUT2D eigenvalue weighted by Gasteiger charge is -2.26. The fraction of sp³-hybridized carbons (Fsp3) is 0.136. The van der Waals surface area contributed by atoms with Gasteiger partial charge in [-0.2, -0.15) is 0 Å². The van der Waals surface area contributed by atoms with Crippen LogP contribution in [-0.2, 0) is 4.79 Å². The monoisotopic (exact) mass is 420 g/mol. The van der Waals surface area contributed by atoms with Crippen LogP contribution in [0.25, 0.3) is 0 Å². The summed E-state index contributed by atoms with van der Waals surface area (Å²) in [6.07, 6.45) is 0. The molecule has 1 atom stereocenters. The van der Waals surface area contributed by atoms with Gasteiger partial charge in [-0.3, -0.25) is 14.5 Å². The number of anilines is 1. The van der Waals surface area contributed by atoms with Crippen molar-refractivity contribution in [3.63, 3.8) is 0 Å². The molecule has 3 aromatic rings. The van der Waals surface area contributed by atoms with Crippen LogP contribution < -0.4 is 14.4 Å². The molecule has 30 heavy (non-hydrogen) atoms. The van der Waals surface area contributed by atoms with E-state index in [1.165, 1.54) is 16.2 Å². The maximum absolute atomic E-state index is 13.3. The third-order valence-corrected chi connectivity index (χ3v) is 5.90. The second kappa shape index (κ2) is 7.00. The number of Topliss-reactive ketones (excluding diaryl/α,β-unsaturated/α-hetero) is 1. The molecule has 0 saturated heterocycles. The molecule has 0 unspecified atom stereocenters. The van der Waals surface area contributed by atoms with E-state index in [1.54, 1.807) is 47.8 Å². The Morgan fingerprint density at radius 1 is 1.17 bits per heavy atom. The van der Waals surface area contributed by atoms with Gasteiger partial charge in [0, 0.05) is 5.69 Å². The van der Waals surface area contributed by atoms with Crippen molar-refractivity contribution >= 4 is 28.8 Å². The first kappa shape index (κ1) is 18.4. The van der Waals surface area contributed by atoms with Gasteiger partial charge in [0.15, 0.2) is 17.3 Å². The minimum Gasteiger partial charge on any atom is -0.503 e. The second-order valence-electron chi connectivity index (χ2n) is 6.90. The Morgan fingerprint density at radius 2 is 2.00 bits per heavy atom. The van der Waals surface area contributed by atoms with E-state index in [2.05, 4.69) is 4.98 Å². The van der Waals surface area contributed by atoms with Crippen molar-refractivity contribution in [2.24, 2.45) is 0 Å². The Bertz CT molecular complexity index is 1200. The van der Waals surface area contributed by atoms with Crippen LogP contribution >= 0.6 is 11.3 Å². The minimum atomic E-state index is -0.851. The molecule has 150 valence electrons. The molecule has 2 aromatic heterocycles. The van der Waals surface area contributed by atoms with Crippen molar-refractivity contribution in [2.75, 3.05) is 11.7 Å². The van der Waals surface area contributed by atoms with Crippen LogP contribution in [0.15, 0.2) is 65.2 Å². The number of ether oxygens (including phenoxy) is 2. The number of aliphatic hydroxyl groups excluding tert-OH is 1. The van der Waals surface area contributed by atoms with Crippen LogP contribution in [0.4, 0.5) is 5.82 Å². The molecule has 0 radical (unpaired) electrons. The number of nitrogens with zero attached hydrogens (tertiary/aromatic N) is 2. The molecule has 8 heteroatoms. The van der Waals surface area contributed by atoms with Gasteiger partial charge < -0.3 is 14.6 Å². The topological polar surface area (TPSA) is 89.0 Å². The molecule has 7 nitrogen and oxygen atoms in total. The first-order valence-corrected chi connectivity index (χ1v) is 10.1. The predicted octanol–water partition coefficient (Wildman–Crippen LogP) is 3.96. The normalized spacial score (nSPS) is 17.7. The minimum absolute atomic E-state index is 0.0182. The van der Waals surface area contributed by atoms with Crippen molar-refractivity contribution in [1.29, 1.82) is 0 Å². The van der Waals surface area contributed by atoms with Gasteiger partial charge >= 0.3 is 0 Å². The summed E-state index contributed by atoms with van der Waals surface area (Å²) in [5, 5.41) is 12.5. The highest BCUT2D eigenvalue weighted by atomic mass is 32.1. The highest BCUT2D eigenvalue weighted by molar-refractivity contribution is 7.12. The Morgan fingerprint density at radius 3 is 2.77 bits per heavy atom. The van der Waals surface area contributed by atoms with Crippen LogP contribution in [0.1, 0.15) is 27.0 Å². The number of hydrogen-bond acceptors (Lipinski definition) is 7. The van der Waals surface area contributed by atoms with Crippen LogP contribution in [0.3, 0.4) is 0 Å². The van der Waals surface area contributed by atoms with E-state index in [0.717, 1.165) is 0 Å². The van der Waals surface area contributed by atoms with E-state index in [-0.39, 0.29) is 12.4 Å². The third kappa shape index (κ3) is 2.84. The number of pyridine rings is 1. The quantitative estimate of drug-likeness (QED) is 0.643. The number of rotatable bonds is 4. The van der Waals surface area contributed by atoms with E-state index < -0.39 is 23.5 Å². The van der Waals surface area contributed by atoms with Crippen LogP contribution in [0.5, 0.6) is 11.5 Å². The Hall–Kier alpha value is -3.65. The van der Waals surface area contributed by atoms with Crippen molar-refractivity contribution in [2.45, 2.75) is 13.0 Å². The largest absolute Gasteiger partial charge is 0.503 e. The number of aryl methyl sites for hydroxylation is 1. The van der Waals surface area contributed by atoms with Gasteiger partial charge in [-0.05, 0) is 48.2 Å². The Kier molecular flexibility index (Phi) is 4.29. The fourth-order valence-corrected chi connectivity index (χ4v) is 4.35. The van der Waals surface area contributed by atoms with Crippen molar-refractivity contribution < 1.29 is 24.2 Å². The van der Waals surface area contributed by atoms with Crippen LogP contribution in [0.2, 0.25) is 0 Å². The number of ketones is 1. The molecule has 1 amide bonds. The van der Waals surface area contributed by atoms with Crippen molar-refractivity contribution in [3.05, 3.63) is 81.4 Å². The summed E-state index contributed by atoms with van der Waals surface area (Å²) >= 11 is 1.25. The number of aromatic nitrogens is 1. The molecule has 2 aliphatic heterocycles. The number of carbonyl (C=O) groups is 2. The predicted molar refractivity (Wildman–Crippen MR) is 110 cm³/mol. The summed E-state index contributed by atoms with van der Waals surface area (Å²) in [4.78, 5) is 32.6. The number of benzene rings is 1. The van der Waals surface area contributed by atoms with E-state index in [1.807, 2.05) is 13.0 Å². The molecule has 0 spiro atoms. The molecule has 1 aromatic carbocycles. The second-order valence-corrected chi connectivity index (χ2v) is 7.84. The number of fused-ring (bicyclic) bond motifs is 1. The third-order valence-electron chi connectivity index (χ3n) is 5.03. The zero-order valence-corrected chi connectivity index (χ0v) is 16.7. The molecule has 1 N–H and O–H groups in total. The summed E-state index contributed by atoms with van der Waals surface area (Å²) in [5.41, 5.74) is 1.34. The van der Waals surface area contributed by atoms with E-state index in [4.69, 9.17) is 9.47 Å². The number of aliphatic hydroxyl groups is 1. The number of carbonyl (C=O) groups excluding carboxylic acids is 2. The van der Waals surface area contributed by atoms with Gasteiger partial charge in [0.05, 0.1) is 16.5 Å². The first-order chi connectivity index (χ1) is 14.5. The lowest BCUT2D eigenvalue weighted by Crippen LogP contribution is -2.31. The molecule has 2 aliphatic rings. The van der Waals surface area contributed by atoms with Crippen LogP contribution in [0, 0.1) is 6.92 Å². The van der Waals surface area contributed by atoms with Gasteiger partial charge in [-0.15, -0.1) is 11.3 Å². The average molecular weight is 420 g/mol.